The van der Waals surface area contributed by atoms with E-state index in [1.807, 2.05) is 11.8 Å². The molecule has 0 aliphatic carbocycles. The Morgan fingerprint density at radius 2 is 1.89 bits per heavy atom. The molecule has 36 heavy (non-hydrogen) atoms. The molecule has 192 valence electrons. The van der Waals surface area contributed by atoms with Gasteiger partial charge in [0.2, 0.25) is 5.95 Å². The van der Waals surface area contributed by atoms with Gasteiger partial charge in [0, 0.05) is 56.0 Å². The first kappa shape index (κ1) is 26.7. The molecule has 0 fully saturated rings. The maximum Gasteiger partial charge on any atom is 0.416 e. The second-order valence-electron chi connectivity index (χ2n) is 7.54. The number of ether oxygens (including phenoxy) is 1. The highest BCUT2D eigenvalue weighted by Crippen LogP contribution is 2.33. The third-order valence-electron chi connectivity index (χ3n) is 4.94. The van der Waals surface area contributed by atoms with E-state index in [0.717, 1.165) is 12.1 Å². The number of aromatic nitrogens is 4. The van der Waals surface area contributed by atoms with Crippen molar-refractivity contribution in [1.29, 1.82) is 0 Å². The number of likely N-dealkylation sites (N-methyl/N-ethyl adjacent to an activating group) is 2. The van der Waals surface area contributed by atoms with Crippen molar-refractivity contribution in [3.8, 4) is 5.88 Å². The van der Waals surface area contributed by atoms with Crippen LogP contribution in [0.15, 0.2) is 42.9 Å². The van der Waals surface area contributed by atoms with Crippen LogP contribution in [0.2, 0.25) is 5.02 Å². The molecule has 14 heteroatoms. The molecule has 3 rings (SSSR count). The smallest absolute Gasteiger partial charge is 0.416 e. The molecule has 3 aromatic rings. The highest BCUT2D eigenvalue weighted by atomic mass is 35.5. The van der Waals surface area contributed by atoms with Crippen molar-refractivity contribution < 1.29 is 22.7 Å². The fraction of sp³-hybridized carbons (Fsp3) is 0.318. The van der Waals surface area contributed by atoms with Crippen molar-refractivity contribution in [2.75, 3.05) is 42.6 Å². The highest BCUT2D eigenvalue weighted by Gasteiger charge is 2.31. The second-order valence-corrected chi connectivity index (χ2v) is 7.97. The summed E-state index contributed by atoms with van der Waals surface area (Å²) < 4.78 is 44.9. The van der Waals surface area contributed by atoms with Gasteiger partial charge in [-0.3, -0.25) is 0 Å². The number of urea groups is 1. The highest BCUT2D eigenvalue weighted by molar-refractivity contribution is 6.31. The molecule has 0 saturated carbocycles. The first-order valence-electron chi connectivity index (χ1n) is 10.7. The molecule has 0 saturated heterocycles. The monoisotopic (exact) mass is 524 g/mol. The number of nitrogen functional groups attached to an aromatic ring is 1. The lowest BCUT2D eigenvalue weighted by atomic mass is 10.2. The SMILES string of the molecule is CCN(CCN(C)C(=O)Nc1cc(Cl)cc(C(F)(F)F)c1)c1nccnc1OCc1ccnc(N)n1. The van der Waals surface area contributed by atoms with E-state index in [1.165, 1.54) is 36.6 Å². The summed E-state index contributed by atoms with van der Waals surface area (Å²) in [5, 5.41) is 2.30. The van der Waals surface area contributed by atoms with Crippen molar-refractivity contribution in [3.05, 3.63) is 59.1 Å². The zero-order valence-corrected chi connectivity index (χ0v) is 20.2. The largest absolute Gasteiger partial charge is 0.469 e. The number of nitrogens with two attached hydrogens (primary N) is 1. The number of nitrogens with zero attached hydrogens (tertiary/aromatic N) is 6. The molecule has 0 radical (unpaired) electrons. The van der Waals surface area contributed by atoms with Gasteiger partial charge < -0.3 is 25.6 Å². The Kier molecular flexibility index (Phi) is 8.69. The molecule has 0 aliphatic rings. The normalized spacial score (nSPS) is 11.2. The van der Waals surface area contributed by atoms with Crippen LogP contribution in [-0.4, -0.2) is 57.5 Å². The van der Waals surface area contributed by atoms with Crippen molar-refractivity contribution in [3.63, 3.8) is 0 Å². The van der Waals surface area contributed by atoms with Crippen LogP contribution in [0.25, 0.3) is 0 Å². The van der Waals surface area contributed by atoms with Gasteiger partial charge in [-0.25, -0.2) is 24.7 Å². The summed E-state index contributed by atoms with van der Waals surface area (Å²) in [7, 11) is 1.52. The maximum absolute atomic E-state index is 13.0. The standard InChI is InChI=1S/C22H24ClF3N8O2/c1-3-34(18-19(29-7-6-28-18)36-13-16-4-5-30-20(27)31-16)9-8-33(2)21(35)32-17-11-14(22(24,25)26)10-15(23)12-17/h4-7,10-12H,3,8-9,13H2,1-2H3,(H,32,35)(H2,27,30,31). The average Bonchev–Trinajstić information content (AvgIpc) is 2.82. The molecule has 2 aromatic heterocycles. The van der Waals surface area contributed by atoms with Gasteiger partial charge in [0.15, 0.2) is 5.82 Å². The second kappa shape index (κ2) is 11.7. The predicted octanol–water partition coefficient (Wildman–Crippen LogP) is 4.09. The minimum atomic E-state index is -4.59. The molecule has 3 N–H and O–H groups in total. The first-order valence-corrected chi connectivity index (χ1v) is 11.1. The Bertz CT molecular complexity index is 1200. The zero-order chi connectivity index (χ0) is 26.3. The molecule has 2 heterocycles. The number of halogens is 4. The quantitative estimate of drug-likeness (QED) is 0.429. The Hall–Kier alpha value is -3.87. The molecule has 0 bridgehead atoms. The predicted molar refractivity (Wildman–Crippen MR) is 129 cm³/mol. The summed E-state index contributed by atoms with van der Waals surface area (Å²) in [6.45, 7) is 3.09. The van der Waals surface area contributed by atoms with Crippen LogP contribution >= 0.6 is 11.6 Å². The zero-order valence-electron chi connectivity index (χ0n) is 19.5. The Morgan fingerprint density at radius 1 is 1.14 bits per heavy atom. The molecular weight excluding hydrogens is 501 g/mol. The minimum absolute atomic E-state index is 0.0611. The number of carbonyl (C=O) groups excluding carboxylic acids is 1. The summed E-state index contributed by atoms with van der Waals surface area (Å²) in [4.78, 5) is 32.3. The topological polar surface area (TPSA) is 122 Å². The third kappa shape index (κ3) is 7.31. The van der Waals surface area contributed by atoms with E-state index in [-0.39, 0.29) is 35.7 Å². The Labute approximate surface area is 210 Å². The van der Waals surface area contributed by atoms with Crippen LogP contribution in [0.3, 0.4) is 0 Å². The number of hydrogen-bond donors (Lipinski definition) is 2. The van der Waals surface area contributed by atoms with Crippen LogP contribution in [0.5, 0.6) is 5.88 Å². The molecule has 10 nitrogen and oxygen atoms in total. The van der Waals surface area contributed by atoms with Crippen LogP contribution in [0, 0.1) is 0 Å². The lowest BCUT2D eigenvalue weighted by molar-refractivity contribution is -0.137. The number of amides is 2. The fourth-order valence-corrected chi connectivity index (χ4v) is 3.34. The number of hydrogen-bond acceptors (Lipinski definition) is 8. The number of rotatable bonds is 9. The summed E-state index contributed by atoms with van der Waals surface area (Å²) in [6, 6.07) is 3.92. The van der Waals surface area contributed by atoms with E-state index in [9.17, 15) is 18.0 Å². The number of benzene rings is 1. The third-order valence-corrected chi connectivity index (χ3v) is 5.16. The number of nitrogens with one attached hydrogen (secondary N) is 1. The van der Waals surface area contributed by atoms with E-state index in [4.69, 9.17) is 22.1 Å². The van der Waals surface area contributed by atoms with Gasteiger partial charge in [0.25, 0.3) is 5.88 Å². The fourth-order valence-electron chi connectivity index (χ4n) is 3.10. The van der Waals surface area contributed by atoms with Crippen LogP contribution < -0.4 is 20.7 Å². The molecule has 0 aliphatic heterocycles. The van der Waals surface area contributed by atoms with E-state index in [0.29, 0.717) is 24.6 Å². The van der Waals surface area contributed by atoms with Crippen LogP contribution in [0.1, 0.15) is 18.2 Å². The molecule has 1 aromatic carbocycles. The van der Waals surface area contributed by atoms with Gasteiger partial charge in [-0.15, -0.1) is 0 Å². The van der Waals surface area contributed by atoms with Gasteiger partial charge >= 0.3 is 12.2 Å². The molecule has 0 unspecified atom stereocenters. The lowest BCUT2D eigenvalue weighted by Crippen LogP contribution is -2.39. The van der Waals surface area contributed by atoms with Crippen LogP contribution in [-0.2, 0) is 12.8 Å². The summed E-state index contributed by atoms with van der Waals surface area (Å²) in [5.41, 5.74) is 5.14. The van der Waals surface area contributed by atoms with Gasteiger partial charge in [-0.05, 0) is 31.2 Å². The number of alkyl halides is 3. The average molecular weight is 525 g/mol. The molecule has 2 amide bonds. The molecule has 0 atom stereocenters. The van der Waals surface area contributed by atoms with E-state index >= 15 is 0 Å². The van der Waals surface area contributed by atoms with Crippen molar-refractivity contribution in [2.24, 2.45) is 0 Å². The molecular formula is C22H24ClF3N8O2. The Morgan fingerprint density at radius 3 is 2.58 bits per heavy atom. The van der Waals surface area contributed by atoms with E-state index in [2.05, 4.69) is 25.3 Å². The van der Waals surface area contributed by atoms with Gasteiger partial charge in [-0.1, -0.05) is 11.6 Å². The Balaban J connectivity index is 1.63. The van der Waals surface area contributed by atoms with Gasteiger partial charge in [0.05, 0.1) is 11.3 Å². The molecule has 0 spiro atoms. The summed E-state index contributed by atoms with van der Waals surface area (Å²) in [5.74, 6) is 0.849. The number of anilines is 3. The van der Waals surface area contributed by atoms with Gasteiger partial charge in [0.1, 0.15) is 6.61 Å². The van der Waals surface area contributed by atoms with Crippen molar-refractivity contribution >= 4 is 35.1 Å². The first-order chi connectivity index (χ1) is 17.1. The maximum atomic E-state index is 13.0. The van der Waals surface area contributed by atoms with Crippen molar-refractivity contribution in [1.82, 2.24) is 24.8 Å². The summed E-state index contributed by atoms with van der Waals surface area (Å²) in [6.07, 6.45) is -0.0677. The lowest BCUT2D eigenvalue weighted by Gasteiger charge is -2.26. The van der Waals surface area contributed by atoms with Crippen LogP contribution in [0.4, 0.5) is 35.4 Å². The summed E-state index contributed by atoms with van der Waals surface area (Å²) >= 11 is 5.79. The van der Waals surface area contributed by atoms with E-state index in [1.54, 1.807) is 6.07 Å². The number of carbonyl (C=O) groups is 1. The van der Waals surface area contributed by atoms with E-state index < -0.39 is 17.8 Å². The van der Waals surface area contributed by atoms with Crippen molar-refractivity contribution in [2.45, 2.75) is 19.7 Å². The minimum Gasteiger partial charge on any atom is -0.469 e. The van der Waals surface area contributed by atoms with Gasteiger partial charge in [-0.2, -0.15) is 13.2 Å².